The maximum Gasteiger partial charge on any atom is 0.409 e. The molecular weight excluding hydrogens is 645 g/mol. The first-order valence-corrected chi connectivity index (χ1v) is 17.9. The van der Waals surface area contributed by atoms with Gasteiger partial charge in [-0.1, -0.05) is 43.7 Å². The van der Waals surface area contributed by atoms with Crippen molar-refractivity contribution in [3.63, 3.8) is 0 Å². The van der Waals surface area contributed by atoms with Crippen molar-refractivity contribution in [1.82, 2.24) is 34.9 Å². The lowest BCUT2D eigenvalue weighted by atomic mass is 10.1. The molecule has 1 N–H and O–H groups in total. The third-order valence-electron chi connectivity index (χ3n) is 8.04. The van der Waals surface area contributed by atoms with Gasteiger partial charge in [-0.3, -0.25) is 9.59 Å². The number of ether oxygens (including phenoxy) is 3. The summed E-state index contributed by atoms with van der Waals surface area (Å²) in [6.07, 6.45) is 5.58. The summed E-state index contributed by atoms with van der Waals surface area (Å²) in [5, 5.41) is 8.32. The molecule has 0 aliphatic carbocycles. The molecule has 4 heterocycles. The van der Waals surface area contributed by atoms with Gasteiger partial charge in [-0.2, -0.15) is 5.10 Å². The third-order valence-corrected chi connectivity index (χ3v) is 9.27. The molecule has 4 aromatic rings. The zero-order valence-electron chi connectivity index (χ0n) is 28.3. The van der Waals surface area contributed by atoms with Crippen molar-refractivity contribution >= 4 is 26.1 Å². The molecule has 0 bridgehead atoms. The quantitative estimate of drug-likeness (QED) is 0.171. The van der Waals surface area contributed by atoms with Crippen LogP contribution in [0.3, 0.4) is 0 Å². The molecule has 1 saturated heterocycles. The summed E-state index contributed by atoms with van der Waals surface area (Å²) in [6, 6.07) is 11.8. The van der Waals surface area contributed by atoms with Crippen LogP contribution in [-0.2, 0) is 16.0 Å². The molecule has 1 fully saturated rings. The number of benzene rings is 1. The Bertz CT molecular complexity index is 1670. The predicted molar refractivity (Wildman–Crippen MR) is 187 cm³/mol. The molecule has 5 rings (SSSR count). The first-order valence-electron chi connectivity index (χ1n) is 16.8. The average Bonchev–Trinajstić information content (AvgIpc) is 3.81. The number of nitrogens with zero attached hydrogens (tertiary/aromatic N) is 6. The van der Waals surface area contributed by atoms with E-state index in [-0.39, 0.29) is 17.7 Å². The summed E-state index contributed by atoms with van der Waals surface area (Å²) in [5.74, 6) is 3.48. The highest BCUT2D eigenvalue weighted by Gasteiger charge is 2.31. The van der Waals surface area contributed by atoms with E-state index < -0.39 is 11.9 Å². The standard InChI is InChI=1S/C35H44N7O6P/c1-4-7-22-48-35(45)41-20-18-40(19-21-41)34(44)26(14-15-29-31(47-6-3)28(24-49-29)46-5-2)38-33(43)27-23-30(42-17-11-16-36-42)39-32(37-27)25-12-9-8-10-13-25/h8-13,16-17,23-24,26,49H,4-7,14-15,18-22H2,1-3H3,(H,38,43)/t26-/m0/s1. The van der Waals surface area contributed by atoms with Gasteiger partial charge in [0.15, 0.2) is 23.1 Å². The first-order chi connectivity index (χ1) is 23.9. The van der Waals surface area contributed by atoms with E-state index in [1.807, 2.05) is 56.9 Å². The number of unbranched alkanes of at least 4 members (excludes halogenated alkanes) is 1. The van der Waals surface area contributed by atoms with E-state index in [4.69, 9.17) is 14.2 Å². The minimum absolute atomic E-state index is 0.106. The zero-order valence-corrected chi connectivity index (χ0v) is 29.3. The fourth-order valence-electron chi connectivity index (χ4n) is 5.48. The number of hydrogen-bond donors (Lipinski definition) is 1. The highest BCUT2D eigenvalue weighted by atomic mass is 31.0. The Balaban J connectivity index is 1.38. The minimum Gasteiger partial charge on any atom is -0.490 e. The smallest absolute Gasteiger partial charge is 0.409 e. The fourth-order valence-corrected chi connectivity index (χ4v) is 6.61. The van der Waals surface area contributed by atoms with Crippen LogP contribution in [0.2, 0.25) is 0 Å². The summed E-state index contributed by atoms with van der Waals surface area (Å²) < 4.78 is 18.7. The summed E-state index contributed by atoms with van der Waals surface area (Å²) in [4.78, 5) is 53.2. The van der Waals surface area contributed by atoms with E-state index in [1.54, 1.807) is 39.0 Å². The van der Waals surface area contributed by atoms with E-state index in [9.17, 15) is 14.4 Å². The highest BCUT2D eigenvalue weighted by Crippen LogP contribution is 2.41. The Morgan fingerprint density at radius 2 is 1.71 bits per heavy atom. The summed E-state index contributed by atoms with van der Waals surface area (Å²) >= 11 is 0. The molecule has 13 nitrogen and oxygen atoms in total. The number of piperazine rings is 1. The summed E-state index contributed by atoms with van der Waals surface area (Å²) in [5.41, 5.74) is 0.841. The van der Waals surface area contributed by atoms with Gasteiger partial charge in [0.05, 0.1) is 19.8 Å². The Kier molecular flexibility index (Phi) is 12.6. The molecular formula is C35H44N7O6P. The van der Waals surface area contributed by atoms with Crippen molar-refractivity contribution in [3.05, 3.63) is 71.6 Å². The third kappa shape index (κ3) is 9.17. The van der Waals surface area contributed by atoms with E-state index >= 15 is 0 Å². The van der Waals surface area contributed by atoms with Gasteiger partial charge in [0.1, 0.15) is 11.7 Å². The zero-order chi connectivity index (χ0) is 34.6. The van der Waals surface area contributed by atoms with Crippen molar-refractivity contribution in [1.29, 1.82) is 0 Å². The highest BCUT2D eigenvalue weighted by molar-refractivity contribution is 7.30. The molecule has 0 spiro atoms. The number of amides is 3. The second-order valence-electron chi connectivity index (χ2n) is 11.4. The van der Waals surface area contributed by atoms with Crippen LogP contribution < -0.4 is 14.8 Å². The van der Waals surface area contributed by atoms with Gasteiger partial charge in [-0.05, 0) is 39.2 Å². The average molecular weight is 690 g/mol. The molecule has 0 radical (unpaired) electrons. The molecule has 49 heavy (non-hydrogen) atoms. The maximum absolute atomic E-state index is 14.1. The van der Waals surface area contributed by atoms with E-state index in [2.05, 4.69) is 20.4 Å². The van der Waals surface area contributed by atoms with Crippen LogP contribution in [0.15, 0.2) is 60.7 Å². The molecule has 3 amide bonds. The van der Waals surface area contributed by atoms with Crippen LogP contribution in [-0.4, -0.2) is 99.5 Å². The Hall–Kier alpha value is -4.90. The van der Waals surface area contributed by atoms with Crippen LogP contribution in [0.25, 0.3) is 17.2 Å². The largest absolute Gasteiger partial charge is 0.490 e. The van der Waals surface area contributed by atoms with Crippen LogP contribution in [0, 0.1) is 0 Å². The topological polar surface area (TPSA) is 141 Å². The van der Waals surface area contributed by atoms with Crippen molar-refractivity contribution in [2.45, 2.75) is 52.5 Å². The van der Waals surface area contributed by atoms with Gasteiger partial charge >= 0.3 is 6.09 Å². The van der Waals surface area contributed by atoms with Crippen molar-refractivity contribution in [2.75, 3.05) is 46.0 Å². The van der Waals surface area contributed by atoms with Gasteiger partial charge in [0.2, 0.25) is 5.91 Å². The van der Waals surface area contributed by atoms with E-state index in [0.29, 0.717) is 90.2 Å². The summed E-state index contributed by atoms with van der Waals surface area (Å²) in [6.45, 7) is 8.60. The number of aryl methyl sites for hydroxylation is 1. The number of rotatable bonds is 15. The van der Waals surface area contributed by atoms with Crippen LogP contribution >= 0.6 is 8.19 Å². The normalized spacial score (nSPS) is 13.7. The number of nitrogens with one attached hydrogen (secondary N) is 1. The fraction of sp³-hybridized carbons (Fsp3) is 0.429. The van der Waals surface area contributed by atoms with Crippen LogP contribution in [0.1, 0.15) is 55.8 Å². The number of hydrogen-bond acceptors (Lipinski definition) is 9. The van der Waals surface area contributed by atoms with Crippen molar-refractivity contribution < 1.29 is 28.6 Å². The predicted octanol–water partition coefficient (Wildman–Crippen LogP) is 4.97. The van der Waals surface area contributed by atoms with E-state index in [0.717, 1.165) is 23.7 Å². The molecule has 3 aromatic heterocycles. The number of carbonyl (C=O) groups is 3. The Morgan fingerprint density at radius 3 is 2.41 bits per heavy atom. The van der Waals surface area contributed by atoms with Gasteiger partial charge < -0.3 is 29.3 Å². The lowest BCUT2D eigenvalue weighted by Gasteiger charge is -2.36. The lowest BCUT2D eigenvalue weighted by molar-refractivity contribution is -0.135. The van der Waals surface area contributed by atoms with Crippen molar-refractivity contribution in [3.8, 4) is 28.7 Å². The molecule has 1 unspecified atom stereocenters. The maximum atomic E-state index is 14.1. The first kappa shape index (κ1) is 35.4. The minimum atomic E-state index is -0.866. The second-order valence-corrected chi connectivity index (χ2v) is 12.6. The lowest BCUT2D eigenvalue weighted by Crippen LogP contribution is -2.56. The van der Waals surface area contributed by atoms with Crippen molar-refractivity contribution in [2.24, 2.45) is 0 Å². The van der Waals surface area contributed by atoms with Gasteiger partial charge in [-0.25, -0.2) is 19.4 Å². The van der Waals surface area contributed by atoms with E-state index in [1.165, 1.54) is 0 Å². The monoisotopic (exact) mass is 689 g/mol. The Morgan fingerprint density at radius 1 is 0.959 bits per heavy atom. The molecule has 2 atom stereocenters. The number of aromatic nitrogens is 4. The molecule has 1 aromatic carbocycles. The van der Waals surface area contributed by atoms with Crippen LogP contribution in [0.5, 0.6) is 11.5 Å². The molecule has 1 aliphatic heterocycles. The van der Waals surface area contributed by atoms with Gasteiger partial charge in [0, 0.05) is 61.3 Å². The summed E-state index contributed by atoms with van der Waals surface area (Å²) in [7, 11) is 0.350. The van der Waals surface area contributed by atoms with Gasteiger partial charge in [-0.15, -0.1) is 8.19 Å². The molecule has 1 aliphatic rings. The molecule has 260 valence electrons. The van der Waals surface area contributed by atoms with Gasteiger partial charge in [0.25, 0.3) is 5.91 Å². The molecule has 0 saturated carbocycles. The Labute approximate surface area is 288 Å². The SMILES string of the molecule is CCCCOC(=O)N1CCN(C(=O)[C@H](CCc2[pH]cc(OCC)c2OCC)NC(=O)c2cc(-n3cccn3)nc(-c3ccccc3)n2)CC1. The number of carbonyl (C=O) groups excluding carboxylic acids is 3. The molecule has 14 heteroatoms. The van der Waals surface area contributed by atoms with Crippen LogP contribution in [0.4, 0.5) is 4.79 Å². The second kappa shape index (κ2) is 17.5.